The molecule has 0 radical (unpaired) electrons. The van der Waals surface area contributed by atoms with E-state index in [1.807, 2.05) is 0 Å². The topological polar surface area (TPSA) is 98.7 Å². The fourth-order valence-electron chi connectivity index (χ4n) is 3.71. The minimum absolute atomic E-state index is 0.0765. The van der Waals surface area contributed by atoms with Crippen molar-refractivity contribution in [2.45, 2.75) is 17.7 Å². The van der Waals surface area contributed by atoms with Crippen LogP contribution in [-0.2, 0) is 10.0 Å². The van der Waals surface area contributed by atoms with Crippen molar-refractivity contribution in [3.8, 4) is 0 Å². The molecular weight excluding hydrogens is 463 g/mol. The van der Waals surface area contributed by atoms with Crippen LogP contribution in [0.5, 0.6) is 0 Å². The minimum Gasteiger partial charge on any atom is -0.338 e. The van der Waals surface area contributed by atoms with Gasteiger partial charge in [0, 0.05) is 50.1 Å². The van der Waals surface area contributed by atoms with Crippen molar-refractivity contribution in [3.63, 3.8) is 0 Å². The van der Waals surface area contributed by atoms with Crippen molar-refractivity contribution >= 4 is 50.9 Å². The number of hydrogen-bond acceptors (Lipinski definition) is 7. The lowest BCUT2D eigenvalue weighted by molar-refractivity contribution is 0.230. The Hall–Kier alpha value is -2.14. The Morgan fingerprint density at radius 1 is 1.00 bits per heavy atom. The first-order chi connectivity index (χ1) is 14.9. The molecule has 0 bridgehead atoms. The van der Waals surface area contributed by atoms with E-state index in [2.05, 4.69) is 25.1 Å². The number of benzene rings is 1. The van der Waals surface area contributed by atoms with Gasteiger partial charge < -0.3 is 10.2 Å². The third-order valence-electron chi connectivity index (χ3n) is 5.34. The average molecular weight is 485 g/mol. The van der Waals surface area contributed by atoms with Crippen LogP contribution in [0, 0.1) is 0 Å². The fourth-order valence-corrected chi connectivity index (χ4v) is 5.94. The quantitative estimate of drug-likeness (QED) is 0.629. The Morgan fingerprint density at radius 2 is 1.68 bits per heavy atom. The van der Waals surface area contributed by atoms with E-state index in [-0.39, 0.29) is 27.2 Å². The molecule has 2 aromatic rings. The van der Waals surface area contributed by atoms with E-state index in [1.165, 1.54) is 12.1 Å². The van der Waals surface area contributed by atoms with E-state index in [0.29, 0.717) is 6.42 Å². The second-order valence-electron chi connectivity index (χ2n) is 7.35. The number of anilines is 2. The van der Waals surface area contributed by atoms with Gasteiger partial charge >= 0.3 is 6.03 Å². The van der Waals surface area contributed by atoms with Crippen LogP contribution in [0.3, 0.4) is 0 Å². The third kappa shape index (κ3) is 4.72. The summed E-state index contributed by atoms with van der Waals surface area (Å²) in [6, 6.07) is 3.80. The van der Waals surface area contributed by atoms with E-state index in [0.717, 1.165) is 49.4 Å². The van der Waals surface area contributed by atoms with Crippen molar-refractivity contribution in [3.05, 3.63) is 40.6 Å². The van der Waals surface area contributed by atoms with Gasteiger partial charge in [-0.25, -0.2) is 27.5 Å². The first kappa shape index (κ1) is 22.1. The lowest BCUT2D eigenvalue weighted by Gasteiger charge is -2.34. The molecule has 2 aliphatic rings. The number of rotatable bonds is 6. The number of fused-ring (bicyclic) bond motifs is 1. The Labute approximate surface area is 191 Å². The SMILES string of the molecule is O=C1Nc2c(Cl)cc(Cl)cc2S(=O)(=O)N1CCCCN1CCN(c2ncccn2)CC1. The van der Waals surface area contributed by atoms with Gasteiger partial charge in [0.15, 0.2) is 0 Å². The summed E-state index contributed by atoms with van der Waals surface area (Å²) in [4.78, 5) is 25.3. The standard InChI is InChI=1S/C19H22Cl2N6O3S/c20-14-12-15(21)17-16(13-14)31(29,30)27(19(28)24-17)7-2-1-6-25-8-10-26(11-9-25)18-22-4-3-5-23-18/h3-5,12-13H,1-2,6-11H2,(H,24,28). The van der Waals surface area contributed by atoms with Gasteiger partial charge in [0.25, 0.3) is 10.0 Å². The summed E-state index contributed by atoms with van der Waals surface area (Å²) in [7, 11) is -4.00. The highest BCUT2D eigenvalue weighted by atomic mass is 35.5. The van der Waals surface area contributed by atoms with Crippen LogP contribution in [0.2, 0.25) is 10.0 Å². The largest absolute Gasteiger partial charge is 0.338 e. The fraction of sp³-hybridized carbons (Fsp3) is 0.421. The second kappa shape index (κ2) is 9.15. The summed E-state index contributed by atoms with van der Waals surface area (Å²) < 4.78 is 26.7. The molecule has 2 aliphatic heterocycles. The van der Waals surface area contributed by atoms with Crippen LogP contribution in [0.4, 0.5) is 16.4 Å². The van der Waals surface area contributed by atoms with Gasteiger partial charge in [0.05, 0.1) is 10.7 Å². The summed E-state index contributed by atoms with van der Waals surface area (Å²) in [5, 5.41) is 2.86. The molecule has 166 valence electrons. The van der Waals surface area contributed by atoms with Crippen LogP contribution in [-0.4, -0.2) is 72.9 Å². The number of carbonyl (C=O) groups excluding carboxylic acids is 1. The number of nitrogens with zero attached hydrogens (tertiary/aromatic N) is 5. The summed E-state index contributed by atoms with van der Waals surface area (Å²) in [5.74, 6) is 0.740. The number of halogens is 2. The normalized spacial score (nSPS) is 18.6. The zero-order chi connectivity index (χ0) is 22.0. The van der Waals surface area contributed by atoms with Gasteiger partial charge in [-0.2, -0.15) is 0 Å². The lowest BCUT2D eigenvalue weighted by Crippen LogP contribution is -2.47. The zero-order valence-electron chi connectivity index (χ0n) is 16.7. The minimum atomic E-state index is -4.00. The van der Waals surface area contributed by atoms with Crippen molar-refractivity contribution in [1.82, 2.24) is 19.2 Å². The van der Waals surface area contributed by atoms with Crippen LogP contribution in [0.1, 0.15) is 12.8 Å². The van der Waals surface area contributed by atoms with Gasteiger partial charge in [0.2, 0.25) is 5.95 Å². The maximum atomic E-state index is 12.9. The molecule has 4 rings (SSSR count). The van der Waals surface area contributed by atoms with Crippen molar-refractivity contribution in [1.29, 1.82) is 0 Å². The molecule has 12 heteroatoms. The van der Waals surface area contributed by atoms with Crippen molar-refractivity contribution in [2.75, 3.05) is 49.5 Å². The summed E-state index contributed by atoms with van der Waals surface area (Å²) >= 11 is 12.0. The number of carbonyl (C=O) groups is 1. The van der Waals surface area contributed by atoms with Gasteiger partial charge in [-0.1, -0.05) is 23.2 Å². The molecule has 1 aromatic carbocycles. The van der Waals surface area contributed by atoms with E-state index in [1.54, 1.807) is 18.5 Å². The molecule has 1 aromatic heterocycles. The molecule has 9 nitrogen and oxygen atoms in total. The number of piperazine rings is 1. The van der Waals surface area contributed by atoms with Crippen LogP contribution >= 0.6 is 23.2 Å². The molecule has 3 heterocycles. The van der Waals surface area contributed by atoms with E-state index in [9.17, 15) is 13.2 Å². The summed E-state index contributed by atoms with van der Waals surface area (Å²) in [6.45, 7) is 4.36. The van der Waals surface area contributed by atoms with Gasteiger partial charge in [-0.15, -0.1) is 0 Å². The number of sulfonamides is 1. The van der Waals surface area contributed by atoms with Crippen molar-refractivity contribution < 1.29 is 13.2 Å². The highest BCUT2D eigenvalue weighted by Crippen LogP contribution is 2.38. The Kier molecular flexibility index (Phi) is 6.52. The molecule has 1 fully saturated rings. The first-order valence-electron chi connectivity index (χ1n) is 9.93. The van der Waals surface area contributed by atoms with Gasteiger partial charge in [-0.3, -0.25) is 4.90 Å². The number of aromatic nitrogens is 2. The Bertz CT molecular complexity index is 1060. The van der Waals surface area contributed by atoms with Gasteiger partial charge in [-0.05, 0) is 37.6 Å². The number of hydrogen-bond donors (Lipinski definition) is 1. The molecule has 0 spiro atoms. The number of urea groups is 1. The molecular formula is C19H22Cl2N6O3S. The average Bonchev–Trinajstić information content (AvgIpc) is 2.75. The predicted molar refractivity (Wildman–Crippen MR) is 119 cm³/mol. The third-order valence-corrected chi connectivity index (χ3v) is 7.66. The van der Waals surface area contributed by atoms with E-state index < -0.39 is 16.1 Å². The Morgan fingerprint density at radius 3 is 2.39 bits per heavy atom. The van der Waals surface area contributed by atoms with E-state index in [4.69, 9.17) is 23.2 Å². The molecule has 0 unspecified atom stereocenters. The van der Waals surface area contributed by atoms with Crippen LogP contribution < -0.4 is 10.2 Å². The predicted octanol–water partition coefficient (Wildman–Crippen LogP) is 2.92. The zero-order valence-corrected chi connectivity index (χ0v) is 19.0. The van der Waals surface area contributed by atoms with Gasteiger partial charge in [0.1, 0.15) is 4.90 Å². The smallest absolute Gasteiger partial charge is 0.335 e. The molecule has 1 saturated heterocycles. The lowest BCUT2D eigenvalue weighted by atomic mass is 10.2. The Balaban J connectivity index is 1.29. The molecule has 1 N–H and O–H groups in total. The maximum absolute atomic E-state index is 12.9. The maximum Gasteiger partial charge on any atom is 0.335 e. The summed E-state index contributed by atoms with van der Waals surface area (Å²) in [6.07, 6.45) is 4.79. The first-order valence-corrected chi connectivity index (χ1v) is 12.1. The molecule has 31 heavy (non-hydrogen) atoms. The molecule has 0 aliphatic carbocycles. The monoisotopic (exact) mass is 484 g/mol. The number of amides is 2. The number of unbranched alkanes of at least 4 members (excludes halogenated alkanes) is 1. The van der Waals surface area contributed by atoms with Crippen molar-refractivity contribution in [2.24, 2.45) is 0 Å². The molecule has 0 atom stereocenters. The second-order valence-corrected chi connectivity index (χ2v) is 10.0. The van der Waals surface area contributed by atoms with Crippen LogP contribution in [0.25, 0.3) is 0 Å². The van der Waals surface area contributed by atoms with Crippen LogP contribution in [0.15, 0.2) is 35.5 Å². The molecule has 0 saturated carbocycles. The number of nitrogens with one attached hydrogen (secondary N) is 1. The summed E-state index contributed by atoms with van der Waals surface area (Å²) in [5.41, 5.74) is 0.0765. The highest BCUT2D eigenvalue weighted by molar-refractivity contribution is 7.90. The highest BCUT2D eigenvalue weighted by Gasteiger charge is 2.37. The van der Waals surface area contributed by atoms with E-state index >= 15 is 0 Å². The molecule has 2 amide bonds.